The van der Waals surface area contributed by atoms with Crippen molar-refractivity contribution in [3.63, 3.8) is 0 Å². The molecular weight excluding hydrogens is 361 g/mol. The average Bonchev–Trinajstić information content (AvgIpc) is 2.62. The fraction of sp³-hybridized carbons (Fsp3) is 0.0556. The van der Waals surface area contributed by atoms with Gasteiger partial charge in [0, 0.05) is 16.3 Å². The van der Waals surface area contributed by atoms with Crippen molar-refractivity contribution in [2.24, 2.45) is 0 Å². The first-order chi connectivity index (χ1) is 12.1. The summed E-state index contributed by atoms with van der Waals surface area (Å²) in [6, 6.07) is 16.5. The third-order valence-corrected chi connectivity index (χ3v) is 4.64. The van der Waals surface area contributed by atoms with Gasteiger partial charge in [0.05, 0.1) is 0 Å². The third kappa shape index (κ3) is 4.78. The standard InChI is InChI=1S/C18H13ClFN3OS/c19-15-7-2-1-4-13(15)11-25-17-9-8-16(22-23-17)21-18(24)12-5-3-6-14(20)10-12/h1-10H,11H2,(H,21,22,24). The lowest BCUT2D eigenvalue weighted by Gasteiger charge is -2.06. The van der Waals surface area contributed by atoms with Crippen LogP contribution in [0.15, 0.2) is 65.7 Å². The lowest BCUT2D eigenvalue weighted by molar-refractivity contribution is 0.102. The molecule has 2 aromatic carbocycles. The number of halogens is 2. The van der Waals surface area contributed by atoms with Crippen LogP contribution in [0.4, 0.5) is 10.2 Å². The van der Waals surface area contributed by atoms with Crippen molar-refractivity contribution in [1.82, 2.24) is 10.2 Å². The van der Waals surface area contributed by atoms with Crippen LogP contribution in [-0.2, 0) is 5.75 Å². The van der Waals surface area contributed by atoms with E-state index in [1.807, 2.05) is 24.3 Å². The number of nitrogens with one attached hydrogen (secondary N) is 1. The van der Waals surface area contributed by atoms with E-state index in [9.17, 15) is 9.18 Å². The van der Waals surface area contributed by atoms with E-state index in [0.29, 0.717) is 21.6 Å². The summed E-state index contributed by atoms with van der Waals surface area (Å²) in [5, 5.41) is 12.0. The van der Waals surface area contributed by atoms with Crippen molar-refractivity contribution in [2.45, 2.75) is 10.8 Å². The lowest BCUT2D eigenvalue weighted by atomic mass is 10.2. The van der Waals surface area contributed by atoms with Crippen LogP contribution < -0.4 is 5.32 Å². The number of hydrogen-bond acceptors (Lipinski definition) is 4. The summed E-state index contributed by atoms with van der Waals surface area (Å²) in [6.07, 6.45) is 0. The first-order valence-corrected chi connectivity index (χ1v) is 8.75. The zero-order chi connectivity index (χ0) is 17.6. The maximum atomic E-state index is 13.2. The minimum Gasteiger partial charge on any atom is -0.305 e. The van der Waals surface area contributed by atoms with Crippen LogP contribution in [0.2, 0.25) is 5.02 Å². The van der Waals surface area contributed by atoms with E-state index >= 15 is 0 Å². The van der Waals surface area contributed by atoms with Crippen LogP contribution in [0.5, 0.6) is 0 Å². The van der Waals surface area contributed by atoms with Gasteiger partial charge in [0.25, 0.3) is 5.91 Å². The largest absolute Gasteiger partial charge is 0.305 e. The van der Waals surface area contributed by atoms with Crippen molar-refractivity contribution < 1.29 is 9.18 Å². The predicted molar refractivity (Wildman–Crippen MR) is 97.4 cm³/mol. The third-order valence-electron chi connectivity index (χ3n) is 3.30. The molecule has 7 heteroatoms. The highest BCUT2D eigenvalue weighted by atomic mass is 35.5. The molecule has 0 saturated heterocycles. The minimum atomic E-state index is -0.468. The maximum Gasteiger partial charge on any atom is 0.256 e. The SMILES string of the molecule is O=C(Nc1ccc(SCc2ccccc2Cl)nn1)c1cccc(F)c1. The summed E-state index contributed by atoms with van der Waals surface area (Å²) in [5.41, 5.74) is 1.23. The molecule has 0 aliphatic heterocycles. The summed E-state index contributed by atoms with van der Waals surface area (Å²) in [6.45, 7) is 0. The molecule has 0 aliphatic carbocycles. The zero-order valence-corrected chi connectivity index (χ0v) is 14.5. The van der Waals surface area contributed by atoms with E-state index in [2.05, 4.69) is 15.5 Å². The highest BCUT2D eigenvalue weighted by molar-refractivity contribution is 7.98. The van der Waals surface area contributed by atoms with Gasteiger partial charge in [0.2, 0.25) is 0 Å². The lowest BCUT2D eigenvalue weighted by Crippen LogP contribution is -2.13. The number of thioether (sulfide) groups is 1. The van der Waals surface area contributed by atoms with Gasteiger partial charge in [-0.3, -0.25) is 4.79 Å². The number of hydrogen-bond donors (Lipinski definition) is 1. The van der Waals surface area contributed by atoms with E-state index in [-0.39, 0.29) is 5.56 Å². The number of nitrogens with zero attached hydrogens (tertiary/aromatic N) is 2. The van der Waals surface area contributed by atoms with Crippen LogP contribution in [-0.4, -0.2) is 16.1 Å². The van der Waals surface area contributed by atoms with Gasteiger partial charge in [-0.05, 0) is 42.0 Å². The number of amides is 1. The number of benzene rings is 2. The van der Waals surface area contributed by atoms with E-state index in [4.69, 9.17) is 11.6 Å². The second-order valence-electron chi connectivity index (χ2n) is 5.10. The Morgan fingerprint density at radius 2 is 1.92 bits per heavy atom. The first kappa shape index (κ1) is 17.4. The molecule has 0 spiro atoms. The minimum absolute atomic E-state index is 0.221. The molecule has 0 aliphatic rings. The number of carbonyl (C=O) groups excluding carboxylic acids is 1. The number of aromatic nitrogens is 2. The quantitative estimate of drug-likeness (QED) is 0.652. The highest BCUT2D eigenvalue weighted by Gasteiger charge is 2.08. The number of carbonyl (C=O) groups is 1. The van der Waals surface area contributed by atoms with Gasteiger partial charge in [-0.1, -0.05) is 47.6 Å². The summed E-state index contributed by atoms with van der Waals surface area (Å²) in [7, 11) is 0. The van der Waals surface area contributed by atoms with Crippen molar-refractivity contribution in [2.75, 3.05) is 5.32 Å². The second kappa shape index (κ2) is 8.09. The fourth-order valence-electron chi connectivity index (χ4n) is 2.05. The van der Waals surface area contributed by atoms with Crippen molar-refractivity contribution in [3.05, 3.63) is 82.6 Å². The van der Waals surface area contributed by atoms with Crippen LogP contribution >= 0.6 is 23.4 Å². The fourth-order valence-corrected chi connectivity index (χ4v) is 3.15. The Balaban J connectivity index is 1.60. The smallest absolute Gasteiger partial charge is 0.256 e. The topological polar surface area (TPSA) is 54.9 Å². The molecule has 0 atom stereocenters. The normalized spacial score (nSPS) is 10.5. The molecule has 3 rings (SSSR count). The summed E-state index contributed by atoms with van der Waals surface area (Å²) < 4.78 is 13.2. The van der Waals surface area contributed by atoms with Crippen LogP contribution in [0.25, 0.3) is 0 Å². The first-order valence-electron chi connectivity index (χ1n) is 7.39. The summed E-state index contributed by atoms with van der Waals surface area (Å²) in [4.78, 5) is 12.0. The molecule has 3 aromatic rings. The van der Waals surface area contributed by atoms with Gasteiger partial charge in [0.1, 0.15) is 10.8 Å². The highest BCUT2D eigenvalue weighted by Crippen LogP contribution is 2.25. The Bertz CT molecular complexity index is 889. The second-order valence-corrected chi connectivity index (χ2v) is 6.50. The van der Waals surface area contributed by atoms with Gasteiger partial charge in [0.15, 0.2) is 5.82 Å². The van der Waals surface area contributed by atoms with Crippen molar-refractivity contribution in [1.29, 1.82) is 0 Å². The molecule has 126 valence electrons. The Morgan fingerprint density at radius 1 is 1.08 bits per heavy atom. The monoisotopic (exact) mass is 373 g/mol. The van der Waals surface area contributed by atoms with Crippen LogP contribution in [0.3, 0.4) is 0 Å². The summed E-state index contributed by atoms with van der Waals surface area (Å²) >= 11 is 7.61. The van der Waals surface area contributed by atoms with Crippen LogP contribution in [0.1, 0.15) is 15.9 Å². The van der Waals surface area contributed by atoms with Crippen molar-refractivity contribution in [3.8, 4) is 0 Å². The molecule has 1 aromatic heterocycles. The molecule has 0 bridgehead atoms. The van der Waals surface area contributed by atoms with Gasteiger partial charge < -0.3 is 5.32 Å². The predicted octanol–water partition coefficient (Wildman–Crippen LogP) is 4.81. The average molecular weight is 374 g/mol. The van der Waals surface area contributed by atoms with Gasteiger partial charge >= 0.3 is 0 Å². The van der Waals surface area contributed by atoms with Gasteiger partial charge in [-0.15, -0.1) is 10.2 Å². The van der Waals surface area contributed by atoms with E-state index in [1.165, 1.54) is 30.0 Å². The Morgan fingerprint density at radius 3 is 2.64 bits per heavy atom. The van der Waals surface area contributed by atoms with E-state index in [1.54, 1.807) is 12.1 Å². The van der Waals surface area contributed by atoms with Crippen LogP contribution in [0, 0.1) is 5.82 Å². The van der Waals surface area contributed by atoms with Crippen molar-refractivity contribution >= 4 is 35.1 Å². The Labute approximate surface area is 153 Å². The Hall–Kier alpha value is -2.44. The molecule has 0 saturated carbocycles. The molecule has 1 amide bonds. The van der Waals surface area contributed by atoms with Gasteiger partial charge in [-0.25, -0.2) is 4.39 Å². The number of anilines is 1. The molecule has 1 heterocycles. The van der Waals surface area contributed by atoms with E-state index < -0.39 is 11.7 Å². The Kier molecular flexibility index (Phi) is 5.63. The molecule has 4 nitrogen and oxygen atoms in total. The molecule has 25 heavy (non-hydrogen) atoms. The van der Waals surface area contributed by atoms with Gasteiger partial charge in [-0.2, -0.15) is 0 Å². The van der Waals surface area contributed by atoms with E-state index in [0.717, 1.165) is 11.6 Å². The molecule has 0 radical (unpaired) electrons. The molecule has 0 unspecified atom stereocenters. The maximum absolute atomic E-state index is 13.2. The number of rotatable bonds is 5. The molecular formula is C18H13ClFN3OS. The molecule has 1 N–H and O–H groups in total. The zero-order valence-electron chi connectivity index (χ0n) is 12.9. The molecule has 0 fully saturated rings. The summed E-state index contributed by atoms with van der Waals surface area (Å²) in [5.74, 6) is 0.0651.